The molecular formula is C28H25ClN4O3S2. The molecule has 2 amide bonds. The van der Waals surface area contributed by atoms with Gasteiger partial charge in [-0.3, -0.25) is 14.5 Å². The summed E-state index contributed by atoms with van der Waals surface area (Å²) in [7, 11) is 1.62. The van der Waals surface area contributed by atoms with E-state index in [1.54, 1.807) is 39.8 Å². The topological polar surface area (TPSA) is 76.5 Å². The number of halogens is 1. The summed E-state index contributed by atoms with van der Waals surface area (Å²) >= 11 is 9.39. The normalized spacial score (nSPS) is 17.2. The Morgan fingerprint density at radius 3 is 2.55 bits per heavy atom. The number of thioether (sulfide) groups is 1. The first-order valence-corrected chi connectivity index (χ1v) is 14.7. The van der Waals surface area contributed by atoms with E-state index in [9.17, 15) is 9.59 Å². The lowest BCUT2D eigenvalue weighted by Crippen LogP contribution is -2.43. The highest BCUT2D eigenvalue weighted by molar-refractivity contribution is 8.00. The smallest absolute Gasteiger partial charge is 0.240 e. The third-order valence-electron chi connectivity index (χ3n) is 6.61. The van der Waals surface area contributed by atoms with E-state index in [2.05, 4.69) is 16.8 Å². The second-order valence-corrected chi connectivity index (χ2v) is 11.6. The number of rotatable bonds is 7. The van der Waals surface area contributed by atoms with Crippen molar-refractivity contribution in [2.24, 2.45) is 0 Å². The number of nitrogens with zero attached hydrogens (tertiary/aromatic N) is 3. The molecule has 3 heterocycles. The van der Waals surface area contributed by atoms with Gasteiger partial charge in [-0.2, -0.15) is 16.4 Å². The summed E-state index contributed by atoms with van der Waals surface area (Å²) < 4.78 is 7.15. The maximum Gasteiger partial charge on any atom is 0.240 e. The molecule has 10 heteroatoms. The minimum Gasteiger partial charge on any atom is -0.497 e. The van der Waals surface area contributed by atoms with Crippen LogP contribution in [0.3, 0.4) is 0 Å². The van der Waals surface area contributed by atoms with Crippen molar-refractivity contribution in [1.29, 1.82) is 0 Å². The standard InChI is InChI=1S/C28H25ClN4O3S2/c1-36-22-10-8-21(9-11-22)33-28-25(26(31-33)17-2-4-19(29)5-3-17)27(18-12-13-37-15-18)38-16-24(35)32(28)14-23(34)30-20-6-7-20/h2-5,8-13,15,20,27H,6-7,14,16H2,1H3,(H,30,34)/t27-/m1/s1. The second kappa shape index (κ2) is 10.5. The van der Waals surface area contributed by atoms with Gasteiger partial charge < -0.3 is 10.1 Å². The van der Waals surface area contributed by atoms with Gasteiger partial charge >= 0.3 is 0 Å². The molecular weight excluding hydrogens is 540 g/mol. The minimum atomic E-state index is -0.165. The first-order chi connectivity index (χ1) is 18.5. The van der Waals surface area contributed by atoms with Crippen molar-refractivity contribution in [3.63, 3.8) is 0 Å². The lowest BCUT2D eigenvalue weighted by Gasteiger charge is -2.23. The van der Waals surface area contributed by atoms with Crippen LogP contribution in [-0.2, 0) is 9.59 Å². The Bertz CT molecular complexity index is 1470. The van der Waals surface area contributed by atoms with Gasteiger partial charge in [-0.05, 0) is 71.6 Å². The van der Waals surface area contributed by atoms with Crippen molar-refractivity contribution >= 4 is 52.3 Å². The Morgan fingerprint density at radius 1 is 1.13 bits per heavy atom. The first-order valence-electron chi connectivity index (χ1n) is 12.3. The van der Waals surface area contributed by atoms with Crippen LogP contribution in [0.2, 0.25) is 5.02 Å². The Balaban J connectivity index is 1.58. The quantitative estimate of drug-likeness (QED) is 0.311. The van der Waals surface area contributed by atoms with Crippen LogP contribution >= 0.6 is 34.7 Å². The third kappa shape index (κ3) is 4.93. The van der Waals surface area contributed by atoms with Crippen LogP contribution in [0.25, 0.3) is 16.9 Å². The van der Waals surface area contributed by atoms with Gasteiger partial charge in [0.25, 0.3) is 0 Å². The van der Waals surface area contributed by atoms with Crippen molar-refractivity contribution in [3.05, 3.63) is 81.5 Å². The average molecular weight is 565 g/mol. The summed E-state index contributed by atoms with van der Waals surface area (Å²) in [5.41, 5.74) is 4.40. The molecule has 0 bridgehead atoms. The Kier molecular flexibility index (Phi) is 6.90. The summed E-state index contributed by atoms with van der Waals surface area (Å²) in [6.45, 7) is -0.0683. The third-order valence-corrected chi connectivity index (χ3v) is 8.82. The minimum absolute atomic E-state index is 0.0683. The van der Waals surface area contributed by atoms with Gasteiger partial charge in [0.1, 0.15) is 18.1 Å². The van der Waals surface area contributed by atoms with Gasteiger partial charge in [0.2, 0.25) is 11.8 Å². The number of nitrogens with one attached hydrogen (secondary N) is 1. The number of amides is 2. The zero-order chi connectivity index (χ0) is 26.2. The molecule has 1 aliphatic carbocycles. The molecule has 194 valence electrons. The lowest BCUT2D eigenvalue weighted by molar-refractivity contribution is -0.123. The number of ether oxygens (including phenoxy) is 1. The maximum atomic E-state index is 13.7. The van der Waals surface area contributed by atoms with Gasteiger partial charge in [0, 0.05) is 22.2 Å². The van der Waals surface area contributed by atoms with Gasteiger partial charge in [-0.15, -0.1) is 11.8 Å². The Morgan fingerprint density at radius 2 is 1.89 bits per heavy atom. The molecule has 1 saturated carbocycles. The molecule has 4 aromatic rings. The molecule has 0 spiro atoms. The molecule has 0 unspecified atom stereocenters. The number of benzene rings is 2. The van der Waals surface area contributed by atoms with Crippen LogP contribution in [0.4, 0.5) is 5.82 Å². The number of carbonyl (C=O) groups excluding carboxylic acids is 2. The van der Waals surface area contributed by atoms with E-state index in [1.165, 1.54) is 0 Å². The van der Waals surface area contributed by atoms with Crippen molar-refractivity contribution in [1.82, 2.24) is 15.1 Å². The number of aromatic nitrogens is 2. The zero-order valence-electron chi connectivity index (χ0n) is 20.6. The summed E-state index contributed by atoms with van der Waals surface area (Å²) in [5.74, 6) is 1.28. The van der Waals surface area contributed by atoms with Gasteiger partial charge in [0.05, 0.1) is 29.5 Å². The van der Waals surface area contributed by atoms with E-state index in [4.69, 9.17) is 21.4 Å². The SMILES string of the molecule is COc1ccc(-n2nc(-c3ccc(Cl)cc3)c3c2N(CC(=O)NC2CC2)C(=O)CS[C@@H]3c2ccsc2)cc1. The molecule has 2 aromatic heterocycles. The van der Waals surface area contributed by atoms with Gasteiger partial charge in [0.15, 0.2) is 0 Å². The number of methoxy groups -OCH3 is 1. The Labute approximate surface area is 233 Å². The lowest BCUT2D eigenvalue weighted by atomic mass is 10.0. The van der Waals surface area contributed by atoms with Crippen molar-refractivity contribution in [2.45, 2.75) is 24.1 Å². The molecule has 0 saturated heterocycles. The van der Waals surface area contributed by atoms with Crippen LogP contribution in [0, 0.1) is 0 Å². The maximum absolute atomic E-state index is 13.7. The molecule has 7 nitrogen and oxygen atoms in total. The fourth-order valence-electron chi connectivity index (χ4n) is 4.58. The van der Waals surface area contributed by atoms with E-state index in [1.807, 2.05) is 53.9 Å². The van der Waals surface area contributed by atoms with Crippen LogP contribution < -0.4 is 15.0 Å². The fourth-order valence-corrected chi connectivity index (χ4v) is 6.66. The van der Waals surface area contributed by atoms with Crippen molar-refractivity contribution < 1.29 is 14.3 Å². The average Bonchev–Trinajstić information content (AvgIpc) is 3.45. The van der Waals surface area contributed by atoms with E-state index in [0.29, 0.717) is 16.6 Å². The predicted octanol–water partition coefficient (Wildman–Crippen LogP) is 5.71. The molecule has 1 aliphatic heterocycles. The molecule has 1 N–H and O–H groups in total. The molecule has 1 fully saturated rings. The monoisotopic (exact) mass is 564 g/mol. The number of anilines is 1. The fraction of sp³-hybridized carbons (Fsp3) is 0.250. The van der Waals surface area contributed by atoms with E-state index < -0.39 is 0 Å². The number of thiophene rings is 1. The zero-order valence-corrected chi connectivity index (χ0v) is 23.0. The molecule has 38 heavy (non-hydrogen) atoms. The molecule has 0 radical (unpaired) electrons. The summed E-state index contributed by atoms with van der Waals surface area (Å²) in [5, 5.41) is 12.8. The largest absolute Gasteiger partial charge is 0.497 e. The van der Waals surface area contributed by atoms with Crippen LogP contribution in [0.5, 0.6) is 5.75 Å². The molecule has 1 atom stereocenters. The highest BCUT2D eigenvalue weighted by Crippen LogP contribution is 2.49. The summed E-state index contributed by atoms with van der Waals surface area (Å²) in [6, 6.07) is 17.4. The molecule has 2 aliphatic rings. The Hall–Kier alpha value is -3.27. The molecule has 2 aromatic carbocycles. The van der Waals surface area contributed by atoms with Crippen molar-refractivity contribution in [2.75, 3.05) is 24.3 Å². The molecule has 6 rings (SSSR count). The predicted molar refractivity (Wildman–Crippen MR) is 153 cm³/mol. The van der Waals surface area contributed by atoms with E-state index in [-0.39, 0.29) is 35.4 Å². The number of hydrogen-bond donors (Lipinski definition) is 1. The highest BCUT2D eigenvalue weighted by Gasteiger charge is 2.38. The van der Waals surface area contributed by atoms with Crippen LogP contribution in [-0.4, -0.2) is 47.0 Å². The van der Waals surface area contributed by atoms with Gasteiger partial charge in [-0.1, -0.05) is 23.7 Å². The first kappa shape index (κ1) is 25.0. The van der Waals surface area contributed by atoms with E-state index >= 15 is 0 Å². The van der Waals surface area contributed by atoms with Crippen LogP contribution in [0.15, 0.2) is 65.4 Å². The summed E-state index contributed by atoms with van der Waals surface area (Å²) in [6.07, 6.45) is 1.96. The number of hydrogen-bond acceptors (Lipinski definition) is 6. The van der Waals surface area contributed by atoms with Crippen LogP contribution in [0.1, 0.15) is 29.2 Å². The van der Waals surface area contributed by atoms with Gasteiger partial charge in [-0.25, -0.2) is 4.68 Å². The second-order valence-electron chi connectivity index (χ2n) is 9.27. The van der Waals surface area contributed by atoms with Crippen molar-refractivity contribution in [3.8, 4) is 22.7 Å². The number of fused-ring (bicyclic) bond motifs is 1. The summed E-state index contributed by atoms with van der Waals surface area (Å²) in [4.78, 5) is 28.3. The highest BCUT2D eigenvalue weighted by atomic mass is 35.5. The number of carbonyl (C=O) groups is 2. The van der Waals surface area contributed by atoms with E-state index in [0.717, 1.165) is 40.9 Å².